The zero-order valence-corrected chi connectivity index (χ0v) is 14.3. The summed E-state index contributed by atoms with van der Waals surface area (Å²) in [5, 5.41) is 15.1. The number of carboxylic acid groups (broad SMARTS) is 1. The highest BCUT2D eigenvalue weighted by Gasteiger charge is 2.42. The van der Waals surface area contributed by atoms with Crippen LogP contribution in [0.1, 0.15) is 37.4 Å². The van der Waals surface area contributed by atoms with Crippen LogP contribution in [0.5, 0.6) is 0 Å². The standard InChI is InChI=1S/C17H18F3N3O4/c1-2-3-4-13-22-15(27-23-13)8-7-14(24)21-12-9-10(17(18,19)20)5-6-11(12)16(25)26/h2-4,10H,1,5-9H2,(H,21,24)(H,25,26)/b4-3+. The maximum absolute atomic E-state index is 12.9. The third-order valence-electron chi connectivity index (χ3n) is 4.00. The van der Waals surface area contributed by atoms with Crippen molar-refractivity contribution in [1.82, 2.24) is 15.5 Å². The van der Waals surface area contributed by atoms with Gasteiger partial charge in [0, 0.05) is 18.5 Å². The number of rotatable bonds is 7. The fourth-order valence-corrected chi connectivity index (χ4v) is 2.63. The van der Waals surface area contributed by atoms with Crippen LogP contribution in [-0.2, 0) is 16.0 Å². The highest BCUT2D eigenvalue weighted by molar-refractivity contribution is 5.89. The van der Waals surface area contributed by atoms with Gasteiger partial charge in [0.2, 0.25) is 11.8 Å². The van der Waals surface area contributed by atoms with E-state index in [1.807, 2.05) is 0 Å². The van der Waals surface area contributed by atoms with Gasteiger partial charge in [-0.1, -0.05) is 23.9 Å². The number of carbonyl (C=O) groups is 2. The van der Waals surface area contributed by atoms with Crippen LogP contribution in [0.4, 0.5) is 13.2 Å². The molecule has 0 radical (unpaired) electrons. The number of nitrogens with zero attached hydrogens (tertiary/aromatic N) is 2. The second-order valence-corrected chi connectivity index (χ2v) is 5.93. The number of aromatic nitrogens is 2. The molecule has 1 aromatic heterocycles. The Labute approximate surface area is 152 Å². The smallest absolute Gasteiger partial charge is 0.392 e. The summed E-state index contributed by atoms with van der Waals surface area (Å²) in [6.07, 6.45) is -0.975. The average Bonchev–Trinajstić information content (AvgIpc) is 3.05. The van der Waals surface area contributed by atoms with Crippen molar-refractivity contribution in [3.05, 3.63) is 41.7 Å². The van der Waals surface area contributed by atoms with Gasteiger partial charge in [-0.3, -0.25) is 4.79 Å². The maximum atomic E-state index is 12.9. The van der Waals surface area contributed by atoms with Gasteiger partial charge >= 0.3 is 12.1 Å². The lowest BCUT2D eigenvalue weighted by Gasteiger charge is -2.27. The Hall–Kier alpha value is -2.91. The van der Waals surface area contributed by atoms with Crippen LogP contribution in [0.15, 0.2) is 34.5 Å². The molecule has 7 nitrogen and oxygen atoms in total. The number of amides is 1. The first-order valence-electron chi connectivity index (χ1n) is 8.14. The van der Waals surface area contributed by atoms with Crippen LogP contribution in [0.25, 0.3) is 6.08 Å². The molecule has 0 bridgehead atoms. The first-order valence-corrected chi connectivity index (χ1v) is 8.14. The first-order chi connectivity index (χ1) is 12.7. The van der Waals surface area contributed by atoms with Crippen molar-refractivity contribution in [3.63, 3.8) is 0 Å². The molecule has 0 aromatic carbocycles. The summed E-state index contributed by atoms with van der Waals surface area (Å²) in [4.78, 5) is 27.3. The van der Waals surface area contributed by atoms with Gasteiger partial charge < -0.3 is 14.9 Å². The lowest BCUT2D eigenvalue weighted by Crippen LogP contribution is -2.34. The van der Waals surface area contributed by atoms with Crippen molar-refractivity contribution < 1.29 is 32.4 Å². The summed E-state index contributed by atoms with van der Waals surface area (Å²) >= 11 is 0. The van der Waals surface area contributed by atoms with E-state index in [2.05, 4.69) is 22.0 Å². The number of hydrogen-bond donors (Lipinski definition) is 2. The number of alkyl halides is 3. The Morgan fingerprint density at radius 3 is 2.78 bits per heavy atom. The minimum Gasteiger partial charge on any atom is -0.478 e. The first kappa shape index (κ1) is 20.4. The van der Waals surface area contributed by atoms with E-state index in [1.165, 1.54) is 6.08 Å². The second kappa shape index (κ2) is 8.65. The second-order valence-electron chi connectivity index (χ2n) is 5.93. The van der Waals surface area contributed by atoms with Gasteiger partial charge in [0.15, 0.2) is 5.82 Å². The molecule has 2 rings (SSSR count). The van der Waals surface area contributed by atoms with E-state index in [0.29, 0.717) is 5.82 Å². The fourth-order valence-electron chi connectivity index (χ4n) is 2.63. The van der Waals surface area contributed by atoms with E-state index >= 15 is 0 Å². The number of allylic oxidation sites excluding steroid dienone is 3. The number of carboxylic acids is 1. The minimum absolute atomic E-state index is 0.0686. The van der Waals surface area contributed by atoms with Crippen molar-refractivity contribution >= 4 is 18.0 Å². The Bertz CT molecular complexity index is 781. The fraction of sp³-hybridized carbons (Fsp3) is 0.412. The van der Waals surface area contributed by atoms with E-state index in [1.54, 1.807) is 12.2 Å². The van der Waals surface area contributed by atoms with Crippen molar-refractivity contribution in [3.8, 4) is 0 Å². The molecule has 1 atom stereocenters. The zero-order valence-electron chi connectivity index (χ0n) is 14.3. The summed E-state index contributed by atoms with van der Waals surface area (Å²) in [5.74, 6) is -3.15. The molecule has 0 saturated heterocycles. The molecule has 1 heterocycles. The molecule has 1 aliphatic rings. The Morgan fingerprint density at radius 2 is 2.15 bits per heavy atom. The Morgan fingerprint density at radius 1 is 1.41 bits per heavy atom. The molecule has 27 heavy (non-hydrogen) atoms. The maximum Gasteiger partial charge on any atom is 0.392 e. The van der Waals surface area contributed by atoms with Gasteiger partial charge in [-0.2, -0.15) is 18.2 Å². The molecule has 2 N–H and O–H groups in total. The lowest BCUT2D eigenvalue weighted by atomic mass is 9.86. The summed E-state index contributed by atoms with van der Waals surface area (Å²) < 4.78 is 43.7. The molecule has 1 aromatic rings. The van der Waals surface area contributed by atoms with E-state index < -0.39 is 30.4 Å². The van der Waals surface area contributed by atoms with Crippen molar-refractivity contribution in [2.24, 2.45) is 5.92 Å². The number of carbonyl (C=O) groups excluding carboxylic acids is 1. The van der Waals surface area contributed by atoms with E-state index in [4.69, 9.17) is 9.63 Å². The largest absolute Gasteiger partial charge is 0.478 e. The zero-order chi connectivity index (χ0) is 20.0. The monoisotopic (exact) mass is 385 g/mol. The molecule has 0 aliphatic heterocycles. The molecule has 0 fully saturated rings. The van der Waals surface area contributed by atoms with Crippen LogP contribution in [-0.4, -0.2) is 33.3 Å². The molecule has 1 unspecified atom stereocenters. The van der Waals surface area contributed by atoms with Gasteiger partial charge in [-0.25, -0.2) is 4.79 Å². The van der Waals surface area contributed by atoms with Crippen LogP contribution in [0.3, 0.4) is 0 Å². The molecule has 1 amide bonds. The normalized spacial score (nSPS) is 18.0. The highest BCUT2D eigenvalue weighted by Crippen LogP contribution is 2.39. The third-order valence-corrected chi connectivity index (χ3v) is 4.00. The van der Waals surface area contributed by atoms with Crippen LogP contribution in [0.2, 0.25) is 0 Å². The summed E-state index contributed by atoms with van der Waals surface area (Å²) in [5.41, 5.74) is -0.389. The van der Waals surface area contributed by atoms with Crippen molar-refractivity contribution in [2.75, 3.05) is 0 Å². The van der Waals surface area contributed by atoms with Crippen LogP contribution < -0.4 is 5.32 Å². The number of aliphatic carboxylic acids is 1. The Kier molecular flexibility index (Phi) is 6.54. The molecule has 0 saturated carbocycles. The van der Waals surface area contributed by atoms with Gasteiger partial charge in [-0.15, -0.1) is 0 Å². The van der Waals surface area contributed by atoms with E-state index in [0.717, 1.165) is 0 Å². The van der Waals surface area contributed by atoms with Gasteiger partial charge in [0.05, 0.1) is 11.5 Å². The summed E-state index contributed by atoms with van der Waals surface area (Å²) in [6, 6.07) is 0. The lowest BCUT2D eigenvalue weighted by molar-refractivity contribution is -0.178. The van der Waals surface area contributed by atoms with E-state index in [9.17, 15) is 22.8 Å². The molecular weight excluding hydrogens is 367 g/mol. The molecule has 146 valence electrons. The summed E-state index contributed by atoms with van der Waals surface area (Å²) in [7, 11) is 0. The predicted octanol–water partition coefficient (Wildman–Crippen LogP) is 3.02. The molecule has 0 spiro atoms. The quantitative estimate of drug-likeness (QED) is 0.699. The third kappa shape index (κ3) is 5.80. The highest BCUT2D eigenvalue weighted by atomic mass is 19.4. The van der Waals surface area contributed by atoms with Crippen molar-refractivity contribution in [1.29, 1.82) is 0 Å². The molecular formula is C17H18F3N3O4. The van der Waals surface area contributed by atoms with Gasteiger partial charge in [-0.05, 0) is 25.3 Å². The summed E-state index contributed by atoms with van der Waals surface area (Å²) in [6.45, 7) is 3.49. The molecule has 1 aliphatic carbocycles. The predicted molar refractivity (Wildman–Crippen MR) is 88.1 cm³/mol. The number of aryl methyl sites for hydroxylation is 1. The number of nitrogens with one attached hydrogen (secondary N) is 1. The SMILES string of the molecule is C=C/C=C/c1noc(CCC(=O)NC2=C(C(=O)O)CCC(C(F)(F)F)C2)n1. The van der Waals surface area contributed by atoms with E-state index in [-0.39, 0.29) is 42.8 Å². The Balaban J connectivity index is 1.99. The van der Waals surface area contributed by atoms with Crippen LogP contribution >= 0.6 is 0 Å². The number of hydrogen-bond acceptors (Lipinski definition) is 5. The topological polar surface area (TPSA) is 105 Å². The van der Waals surface area contributed by atoms with Gasteiger partial charge in [0.1, 0.15) is 0 Å². The minimum atomic E-state index is -4.45. The van der Waals surface area contributed by atoms with Crippen LogP contribution in [0, 0.1) is 5.92 Å². The van der Waals surface area contributed by atoms with Crippen molar-refractivity contribution in [2.45, 2.75) is 38.3 Å². The van der Waals surface area contributed by atoms with Gasteiger partial charge in [0.25, 0.3) is 0 Å². The molecule has 10 heteroatoms. The number of halogens is 3. The average molecular weight is 385 g/mol.